The maximum atomic E-state index is 12.6. The van der Waals surface area contributed by atoms with Crippen molar-refractivity contribution in [3.8, 4) is 5.75 Å². The van der Waals surface area contributed by atoms with Gasteiger partial charge in [0.25, 0.3) is 5.91 Å². The summed E-state index contributed by atoms with van der Waals surface area (Å²) in [7, 11) is 0. The number of amides is 3. The Balaban J connectivity index is 1.36. The van der Waals surface area contributed by atoms with Gasteiger partial charge in [-0.1, -0.05) is 38.0 Å². The minimum Gasteiger partial charge on any atom is -0.463 e. The second-order valence-electron chi connectivity index (χ2n) is 10.5. The highest BCUT2D eigenvalue weighted by Gasteiger charge is 2.43. The maximum absolute atomic E-state index is 12.6. The van der Waals surface area contributed by atoms with E-state index in [1.807, 2.05) is 18.2 Å². The minimum absolute atomic E-state index is 0.00589. The van der Waals surface area contributed by atoms with Gasteiger partial charge in [-0.2, -0.15) is 0 Å². The first-order chi connectivity index (χ1) is 20.7. The molecule has 236 valence electrons. The number of aliphatic hydroxyl groups excluding tert-OH is 3. The molecule has 5 unspecified atom stereocenters. The molecule has 1 aliphatic rings. The smallest absolute Gasteiger partial charge is 0.251 e. The molecule has 1 heterocycles. The van der Waals surface area contributed by atoms with E-state index in [4.69, 9.17) is 15.2 Å². The predicted octanol–water partition coefficient (Wildman–Crippen LogP) is 1.39. The zero-order valence-corrected chi connectivity index (χ0v) is 24.6. The van der Waals surface area contributed by atoms with Gasteiger partial charge in [-0.05, 0) is 49.2 Å². The van der Waals surface area contributed by atoms with Crippen LogP contribution in [-0.2, 0) is 14.3 Å². The molecular formula is C31H44N4O8. The number of hydrogen-bond donors (Lipinski definition) is 6. The zero-order chi connectivity index (χ0) is 31.2. The van der Waals surface area contributed by atoms with Gasteiger partial charge in [0.05, 0.1) is 12.6 Å². The highest BCUT2D eigenvalue weighted by Crippen LogP contribution is 2.24. The van der Waals surface area contributed by atoms with Gasteiger partial charge in [-0.15, -0.1) is 0 Å². The third-order valence-electron chi connectivity index (χ3n) is 7.26. The van der Waals surface area contributed by atoms with Crippen molar-refractivity contribution in [3.63, 3.8) is 0 Å². The summed E-state index contributed by atoms with van der Waals surface area (Å²) in [5.41, 5.74) is 7.08. The molecule has 12 heteroatoms. The van der Waals surface area contributed by atoms with Crippen molar-refractivity contribution in [2.45, 2.75) is 76.1 Å². The Morgan fingerprint density at radius 3 is 2.33 bits per heavy atom. The molecular weight excluding hydrogens is 556 g/mol. The molecule has 1 saturated heterocycles. The highest BCUT2D eigenvalue weighted by molar-refractivity contribution is 5.94. The average Bonchev–Trinajstić information content (AvgIpc) is 3.03. The van der Waals surface area contributed by atoms with Crippen LogP contribution >= 0.6 is 0 Å². The van der Waals surface area contributed by atoms with Crippen LogP contribution in [-0.4, -0.2) is 94.8 Å². The van der Waals surface area contributed by atoms with Crippen LogP contribution in [0.3, 0.4) is 0 Å². The van der Waals surface area contributed by atoms with Crippen molar-refractivity contribution in [1.29, 1.82) is 0 Å². The number of nitrogens with one attached hydrogen (secondary N) is 2. The Hall–Kier alpha value is -3.55. The molecule has 0 saturated carbocycles. The molecule has 1 fully saturated rings. The zero-order valence-electron chi connectivity index (χ0n) is 24.6. The first kappa shape index (κ1) is 33.9. The van der Waals surface area contributed by atoms with Gasteiger partial charge >= 0.3 is 0 Å². The van der Waals surface area contributed by atoms with E-state index in [0.717, 1.165) is 25.7 Å². The quantitative estimate of drug-likeness (QED) is 0.155. The number of rotatable bonds is 16. The fourth-order valence-electron chi connectivity index (χ4n) is 4.68. The normalized spacial score (nSPS) is 21.6. The van der Waals surface area contributed by atoms with Crippen LogP contribution in [0.25, 0.3) is 0 Å². The highest BCUT2D eigenvalue weighted by atomic mass is 16.7. The summed E-state index contributed by atoms with van der Waals surface area (Å²) in [5.74, 6) is 0.0313. The van der Waals surface area contributed by atoms with Crippen LogP contribution in [0, 0.1) is 0 Å². The molecule has 0 bridgehead atoms. The summed E-state index contributed by atoms with van der Waals surface area (Å²) in [4.78, 5) is 38.8. The molecule has 0 aliphatic carbocycles. The molecule has 7 N–H and O–H groups in total. The van der Waals surface area contributed by atoms with Gasteiger partial charge < -0.3 is 46.1 Å². The molecule has 3 amide bonds. The Morgan fingerprint density at radius 1 is 0.953 bits per heavy atom. The summed E-state index contributed by atoms with van der Waals surface area (Å²) >= 11 is 0. The lowest BCUT2D eigenvalue weighted by molar-refractivity contribution is -0.239. The van der Waals surface area contributed by atoms with Crippen LogP contribution < -0.4 is 21.1 Å². The molecule has 0 aromatic heterocycles. The number of carbonyl (C=O) groups excluding carboxylic acids is 3. The molecule has 1 aliphatic heterocycles. The Labute approximate surface area is 252 Å². The number of nitrogens with two attached hydrogens (primary N) is 1. The van der Waals surface area contributed by atoms with E-state index in [2.05, 4.69) is 10.6 Å². The van der Waals surface area contributed by atoms with Crippen LogP contribution in [0.15, 0.2) is 54.6 Å². The predicted molar refractivity (Wildman–Crippen MR) is 160 cm³/mol. The van der Waals surface area contributed by atoms with E-state index in [1.165, 1.54) is 0 Å². The van der Waals surface area contributed by atoms with Crippen molar-refractivity contribution in [1.82, 2.24) is 10.2 Å². The van der Waals surface area contributed by atoms with Crippen molar-refractivity contribution >= 4 is 23.4 Å². The van der Waals surface area contributed by atoms with E-state index in [9.17, 15) is 29.7 Å². The second-order valence-corrected chi connectivity index (χ2v) is 10.5. The standard InChI is InChI=1S/C31H44N4O8/c1-2-26(38)35(18-9-4-3-8-17-33-30(41)21-10-6-5-7-11-21)19-16-25(37)34-22-12-14-23(15-13-22)42-31-27(32)29(40)28(39)24(20-36)43-31/h5-7,10-15,24,27-29,31,36,39-40H,2-4,8-9,16-20,32H2,1H3,(H,33,41)(H,34,37). The lowest BCUT2D eigenvalue weighted by Gasteiger charge is -2.40. The minimum atomic E-state index is -1.33. The van der Waals surface area contributed by atoms with Gasteiger partial charge in [-0.25, -0.2) is 0 Å². The van der Waals surface area contributed by atoms with Crippen molar-refractivity contribution in [2.75, 3.05) is 31.6 Å². The molecule has 0 radical (unpaired) electrons. The first-order valence-corrected chi connectivity index (χ1v) is 14.8. The number of aliphatic hydroxyl groups is 3. The summed E-state index contributed by atoms with van der Waals surface area (Å²) in [6, 6.07) is 14.5. The van der Waals surface area contributed by atoms with Crippen molar-refractivity contribution in [3.05, 3.63) is 60.2 Å². The Kier molecular flexibility index (Phi) is 13.8. The van der Waals surface area contributed by atoms with Gasteiger partial charge in [-0.3, -0.25) is 14.4 Å². The number of hydrogen-bond acceptors (Lipinski definition) is 9. The second kappa shape index (κ2) is 17.5. The fraction of sp³-hybridized carbons (Fsp3) is 0.516. The molecule has 12 nitrogen and oxygen atoms in total. The topological polar surface area (TPSA) is 184 Å². The number of nitrogens with zero attached hydrogens (tertiary/aromatic N) is 1. The molecule has 2 aromatic rings. The number of unbranched alkanes of at least 4 members (excludes halogenated alkanes) is 3. The van der Waals surface area contributed by atoms with E-state index >= 15 is 0 Å². The number of anilines is 1. The van der Waals surface area contributed by atoms with E-state index < -0.39 is 37.3 Å². The Bertz CT molecular complexity index is 1150. The molecule has 0 spiro atoms. The van der Waals surface area contributed by atoms with Gasteiger partial charge in [0.1, 0.15) is 24.1 Å². The summed E-state index contributed by atoms with van der Waals surface area (Å²) in [5, 5.41) is 35.1. The SMILES string of the molecule is CCC(=O)N(CCCCCCNC(=O)c1ccccc1)CCC(=O)Nc1ccc(OC2OC(CO)C(O)C(O)C2N)cc1. The van der Waals surface area contributed by atoms with Crippen molar-refractivity contribution < 1.29 is 39.2 Å². The summed E-state index contributed by atoms with van der Waals surface area (Å²) in [6.07, 6.45) is -0.776. The molecule has 2 aromatic carbocycles. The largest absolute Gasteiger partial charge is 0.463 e. The molecule has 5 atom stereocenters. The van der Waals surface area contributed by atoms with Crippen LogP contribution in [0.1, 0.15) is 55.8 Å². The number of carbonyl (C=O) groups is 3. The number of ether oxygens (including phenoxy) is 2. The third-order valence-corrected chi connectivity index (χ3v) is 7.26. The van der Waals surface area contributed by atoms with Gasteiger partial charge in [0.2, 0.25) is 18.1 Å². The lowest BCUT2D eigenvalue weighted by atomic mass is 9.98. The Morgan fingerprint density at radius 2 is 1.65 bits per heavy atom. The summed E-state index contributed by atoms with van der Waals surface area (Å²) < 4.78 is 11.2. The van der Waals surface area contributed by atoms with E-state index in [0.29, 0.717) is 43.1 Å². The summed E-state index contributed by atoms with van der Waals surface area (Å²) in [6.45, 7) is 2.76. The molecule has 43 heavy (non-hydrogen) atoms. The monoisotopic (exact) mass is 600 g/mol. The fourth-order valence-corrected chi connectivity index (χ4v) is 4.68. The van der Waals surface area contributed by atoms with E-state index in [1.54, 1.807) is 48.2 Å². The van der Waals surface area contributed by atoms with Gasteiger partial charge in [0.15, 0.2) is 0 Å². The first-order valence-electron chi connectivity index (χ1n) is 14.8. The van der Waals surface area contributed by atoms with Gasteiger partial charge in [0, 0.05) is 43.7 Å². The lowest BCUT2D eigenvalue weighted by Crippen LogP contribution is -2.63. The maximum Gasteiger partial charge on any atom is 0.251 e. The van der Waals surface area contributed by atoms with Crippen LogP contribution in [0.2, 0.25) is 0 Å². The molecule has 3 rings (SSSR count). The average molecular weight is 601 g/mol. The van der Waals surface area contributed by atoms with Crippen LogP contribution in [0.4, 0.5) is 5.69 Å². The third kappa shape index (κ3) is 10.6. The number of benzene rings is 2. The van der Waals surface area contributed by atoms with E-state index in [-0.39, 0.29) is 24.1 Å². The van der Waals surface area contributed by atoms with Crippen molar-refractivity contribution in [2.24, 2.45) is 5.73 Å². The van der Waals surface area contributed by atoms with Crippen LogP contribution in [0.5, 0.6) is 5.75 Å².